The molecule has 0 fully saturated rings. The number of nitrogen functional groups attached to an aromatic ring is 1. The number of nitrogens with zero attached hydrogens (tertiary/aromatic N) is 3. The molecule has 0 amide bonds. The smallest absolute Gasteiger partial charge is 0.115 e. The minimum absolute atomic E-state index is 0.600. The monoisotopic (exact) mass is 174 g/mol. The van der Waals surface area contributed by atoms with Gasteiger partial charge in [0.05, 0.1) is 18.1 Å². The van der Waals surface area contributed by atoms with Crippen LogP contribution in [0.1, 0.15) is 0 Å². The van der Waals surface area contributed by atoms with Crippen molar-refractivity contribution >= 4 is 5.69 Å². The highest BCUT2D eigenvalue weighted by molar-refractivity contribution is 5.28. The summed E-state index contributed by atoms with van der Waals surface area (Å²) >= 11 is 0. The van der Waals surface area contributed by atoms with Crippen LogP contribution < -0.4 is 5.73 Å². The van der Waals surface area contributed by atoms with Crippen LogP contribution in [-0.4, -0.2) is 15.0 Å². The van der Waals surface area contributed by atoms with Crippen LogP contribution >= 0.6 is 0 Å². The Kier molecular flexibility index (Phi) is 3.96. The SMILES string of the molecule is Nc1cncnc1.c1ccncc1. The fourth-order valence-corrected chi connectivity index (χ4v) is 0.623. The maximum Gasteiger partial charge on any atom is 0.115 e. The van der Waals surface area contributed by atoms with E-state index >= 15 is 0 Å². The van der Waals surface area contributed by atoms with Crippen LogP contribution in [0.4, 0.5) is 5.69 Å². The summed E-state index contributed by atoms with van der Waals surface area (Å²) in [5, 5.41) is 0. The number of hydrogen-bond donors (Lipinski definition) is 1. The Morgan fingerprint density at radius 3 is 1.69 bits per heavy atom. The first-order chi connectivity index (χ1) is 6.39. The normalized spacial score (nSPS) is 8.31. The number of rotatable bonds is 0. The molecule has 0 atom stereocenters. The Balaban J connectivity index is 0.000000132. The van der Waals surface area contributed by atoms with Gasteiger partial charge in [-0.1, -0.05) is 6.07 Å². The third-order valence-corrected chi connectivity index (χ3v) is 1.15. The van der Waals surface area contributed by atoms with Crippen molar-refractivity contribution in [3.8, 4) is 0 Å². The molecule has 0 saturated heterocycles. The van der Waals surface area contributed by atoms with Crippen molar-refractivity contribution in [1.29, 1.82) is 0 Å². The highest BCUT2D eigenvalue weighted by Crippen LogP contribution is 1.88. The van der Waals surface area contributed by atoms with Gasteiger partial charge in [0.25, 0.3) is 0 Å². The molecule has 4 heteroatoms. The summed E-state index contributed by atoms with van der Waals surface area (Å²) in [6, 6.07) is 5.72. The zero-order valence-electron chi connectivity index (χ0n) is 7.04. The number of pyridine rings is 1. The van der Waals surface area contributed by atoms with Crippen molar-refractivity contribution in [2.75, 3.05) is 5.73 Å². The Morgan fingerprint density at radius 2 is 1.46 bits per heavy atom. The van der Waals surface area contributed by atoms with Gasteiger partial charge in [-0.05, 0) is 12.1 Å². The zero-order valence-corrected chi connectivity index (χ0v) is 7.04. The van der Waals surface area contributed by atoms with Crippen molar-refractivity contribution in [2.45, 2.75) is 0 Å². The standard InChI is InChI=1S/C5H5N.C4H5N3/c1-2-4-6-5-3-1;5-4-1-6-3-7-2-4/h1-5H;1-3H,5H2. The second-order valence-corrected chi connectivity index (χ2v) is 2.20. The molecule has 2 N–H and O–H groups in total. The van der Waals surface area contributed by atoms with Crippen LogP contribution in [0.2, 0.25) is 0 Å². The van der Waals surface area contributed by atoms with Gasteiger partial charge in [0.15, 0.2) is 0 Å². The van der Waals surface area contributed by atoms with Crippen LogP contribution in [0.5, 0.6) is 0 Å². The molecule has 4 nitrogen and oxygen atoms in total. The van der Waals surface area contributed by atoms with Crippen LogP contribution in [-0.2, 0) is 0 Å². The summed E-state index contributed by atoms with van der Waals surface area (Å²) in [5.74, 6) is 0. The van der Waals surface area contributed by atoms with Crippen molar-refractivity contribution < 1.29 is 0 Å². The minimum Gasteiger partial charge on any atom is -0.396 e. The molecule has 0 unspecified atom stereocenters. The lowest BCUT2D eigenvalue weighted by Gasteiger charge is -1.82. The predicted octanol–water partition coefficient (Wildman–Crippen LogP) is 1.14. The van der Waals surface area contributed by atoms with E-state index in [1.165, 1.54) is 6.33 Å². The third kappa shape index (κ3) is 4.47. The molecule has 0 spiro atoms. The van der Waals surface area contributed by atoms with Crippen molar-refractivity contribution in [3.63, 3.8) is 0 Å². The molecular weight excluding hydrogens is 164 g/mol. The minimum atomic E-state index is 0.600. The molecule has 13 heavy (non-hydrogen) atoms. The molecule has 2 heterocycles. The Labute approximate surface area is 76.5 Å². The second kappa shape index (κ2) is 5.65. The van der Waals surface area contributed by atoms with Gasteiger partial charge < -0.3 is 5.73 Å². The van der Waals surface area contributed by atoms with Gasteiger partial charge >= 0.3 is 0 Å². The molecular formula is C9H10N4. The summed E-state index contributed by atoms with van der Waals surface area (Å²) < 4.78 is 0. The van der Waals surface area contributed by atoms with Crippen molar-refractivity contribution in [2.24, 2.45) is 0 Å². The molecule has 0 bridgehead atoms. The highest BCUT2D eigenvalue weighted by Gasteiger charge is 1.74. The number of hydrogen-bond acceptors (Lipinski definition) is 4. The highest BCUT2D eigenvalue weighted by atomic mass is 14.8. The van der Waals surface area contributed by atoms with Crippen LogP contribution in [0.15, 0.2) is 49.3 Å². The van der Waals surface area contributed by atoms with Crippen molar-refractivity contribution in [1.82, 2.24) is 15.0 Å². The predicted molar refractivity (Wildman–Crippen MR) is 50.7 cm³/mol. The van der Waals surface area contributed by atoms with Gasteiger partial charge in [0, 0.05) is 12.4 Å². The molecule has 2 aromatic rings. The maximum atomic E-state index is 5.23. The lowest BCUT2D eigenvalue weighted by molar-refractivity contribution is 1.17. The average Bonchev–Trinajstić information content (AvgIpc) is 2.22. The number of nitrogens with two attached hydrogens (primary N) is 1. The summed E-state index contributed by atoms with van der Waals surface area (Å²) in [5.41, 5.74) is 5.83. The lowest BCUT2D eigenvalue weighted by atomic mass is 10.5. The summed E-state index contributed by atoms with van der Waals surface area (Å²) in [6.07, 6.45) is 8.04. The van der Waals surface area contributed by atoms with Gasteiger partial charge in [-0.25, -0.2) is 9.97 Å². The van der Waals surface area contributed by atoms with Crippen molar-refractivity contribution in [3.05, 3.63) is 49.3 Å². The van der Waals surface area contributed by atoms with E-state index in [1.54, 1.807) is 24.8 Å². The van der Waals surface area contributed by atoms with E-state index in [9.17, 15) is 0 Å². The average molecular weight is 174 g/mol. The van der Waals surface area contributed by atoms with Crippen LogP contribution in [0, 0.1) is 0 Å². The maximum absolute atomic E-state index is 5.23. The van der Waals surface area contributed by atoms with E-state index in [4.69, 9.17) is 5.73 Å². The van der Waals surface area contributed by atoms with E-state index in [1.807, 2.05) is 18.2 Å². The van der Waals surface area contributed by atoms with Gasteiger partial charge in [-0.15, -0.1) is 0 Å². The Hall–Kier alpha value is -1.97. The third-order valence-electron chi connectivity index (χ3n) is 1.15. The molecule has 0 saturated carbocycles. The van der Waals surface area contributed by atoms with E-state index in [2.05, 4.69) is 15.0 Å². The molecule has 0 aliphatic heterocycles. The Morgan fingerprint density at radius 1 is 0.846 bits per heavy atom. The quantitative estimate of drug-likeness (QED) is 0.650. The van der Waals surface area contributed by atoms with E-state index in [-0.39, 0.29) is 0 Å². The van der Waals surface area contributed by atoms with Gasteiger partial charge in [0.2, 0.25) is 0 Å². The molecule has 0 aliphatic rings. The van der Waals surface area contributed by atoms with E-state index < -0.39 is 0 Å². The second-order valence-electron chi connectivity index (χ2n) is 2.20. The van der Waals surface area contributed by atoms with Gasteiger partial charge in [-0.2, -0.15) is 0 Å². The summed E-state index contributed by atoms with van der Waals surface area (Å²) in [6.45, 7) is 0. The molecule has 2 aromatic heterocycles. The van der Waals surface area contributed by atoms with Gasteiger partial charge in [0.1, 0.15) is 6.33 Å². The first kappa shape index (κ1) is 9.12. The van der Waals surface area contributed by atoms with Gasteiger partial charge in [-0.3, -0.25) is 4.98 Å². The molecule has 0 aromatic carbocycles. The van der Waals surface area contributed by atoms with E-state index in [0.717, 1.165) is 0 Å². The largest absolute Gasteiger partial charge is 0.396 e. The molecule has 66 valence electrons. The summed E-state index contributed by atoms with van der Waals surface area (Å²) in [7, 11) is 0. The van der Waals surface area contributed by atoms with Crippen LogP contribution in [0.25, 0.3) is 0 Å². The molecule has 0 radical (unpaired) electrons. The number of aromatic nitrogens is 3. The summed E-state index contributed by atoms with van der Waals surface area (Å²) in [4.78, 5) is 11.1. The molecule has 2 rings (SSSR count). The first-order valence-corrected chi connectivity index (χ1v) is 3.75. The fourth-order valence-electron chi connectivity index (χ4n) is 0.623. The first-order valence-electron chi connectivity index (χ1n) is 3.75. The topological polar surface area (TPSA) is 64.7 Å². The van der Waals surface area contributed by atoms with E-state index in [0.29, 0.717) is 5.69 Å². The zero-order chi connectivity index (χ0) is 9.36. The lowest BCUT2D eigenvalue weighted by Crippen LogP contribution is -1.85. The molecule has 0 aliphatic carbocycles. The fraction of sp³-hybridized carbons (Fsp3) is 0. The number of anilines is 1. The van der Waals surface area contributed by atoms with Crippen LogP contribution in [0.3, 0.4) is 0 Å². The Bertz CT molecular complexity index is 282.